The van der Waals surface area contributed by atoms with Crippen molar-refractivity contribution in [2.45, 2.75) is 56.8 Å². The highest BCUT2D eigenvalue weighted by Gasteiger charge is 2.56. The second kappa shape index (κ2) is 18.4. The van der Waals surface area contributed by atoms with Crippen LogP contribution in [0.5, 0.6) is 46.0 Å². The molecule has 67 heavy (non-hydrogen) atoms. The van der Waals surface area contributed by atoms with E-state index in [9.17, 15) is 10.5 Å². The summed E-state index contributed by atoms with van der Waals surface area (Å²) >= 11 is 0. The number of ether oxygens (including phenoxy) is 4. The summed E-state index contributed by atoms with van der Waals surface area (Å²) in [6.07, 6.45) is 24.1. The fourth-order valence-corrected chi connectivity index (χ4v) is 9.93. The molecular weight excluding hydrogens is 829 g/mol. The van der Waals surface area contributed by atoms with Crippen LogP contribution in [0.3, 0.4) is 0 Å². The molecule has 0 saturated heterocycles. The van der Waals surface area contributed by atoms with E-state index in [1.807, 2.05) is 82.6 Å². The minimum absolute atomic E-state index is 0.172. The molecule has 2 aliphatic rings. The van der Waals surface area contributed by atoms with Crippen LogP contribution < -0.4 is 28.7 Å². The van der Waals surface area contributed by atoms with Crippen LogP contribution in [0.1, 0.15) is 73.9 Å². The number of nitrogens with zero attached hydrogens (tertiary/aromatic N) is 4. The quantitative estimate of drug-likeness (QED) is 0.1000. The van der Waals surface area contributed by atoms with Gasteiger partial charge in [0.05, 0.1) is 26.2 Å². The Morgan fingerprint density at radius 3 is 1.10 bits per heavy atom. The maximum absolute atomic E-state index is 10.5. The van der Waals surface area contributed by atoms with Gasteiger partial charge in [0.1, 0.15) is 69.3 Å². The second-order valence-electron chi connectivity index (χ2n) is 18.0. The summed E-state index contributed by atoms with van der Waals surface area (Å²) in [5.74, 6) is 14.3. The van der Waals surface area contributed by atoms with E-state index in [0.29, 0.717) is 72.2 Å². The van der Waals surface area contributed by atoms with Gasteiger partial charge in [-0.3, -0.25) is 0 Å². The third-order valence-corrected chi connectivity index (χ3v) is 12.6. The minimum Gasteiger partial charge on any atom is -0.456 e. The zero-order chi connectivity index (χ0) is 47.3. The lowest BCUT2D eigenvalue weighted by Gasteiger charge is -2.30. The Bertz CT molecular complexity index is 2910. The topological polar surface area (TPSA) is 91.0 Å². The zero-order valence-electron chi connectivity index (χ0n) is 38.0. The molecule has 2 aliphatic carbocycles. The molecule has 0 N–H and O–H groups in total. The molecule has 0 bridgehead atoms. The lowest BCUT2D eigenvalue weighted by atomic mass is 9.72. The summed E-state index contributed by atoms with van der Waals surface area (Å²) in [5, 5.41) is 21.0. The fraction of sp³-hybridized carbons (Fsp3) is 0.220. The van der Waals surface area contributed by atoms with E-state index in [-0.39, 0.29) is 22.0 Å². The normalized spacial score (nSPS) is 14.1. The highest BCUT2D eigenvalue weighted by Crippen LogP contribution is 2.63. The molecule has 0 unspecified atom stereocenters. The van der Waals surface area contributed by atoms with Crippen molar-refractivity contribution in [2.24, 2.45) is 0 Å². The molecule has 1 spiro atoms. The molecule has 0 radical (unpaired) electrons. The largest absolute Gasteiger partial charge is 0.456 e. The third kappa shape index (κ3) is 8.79. The maximum Gasteiger partial charge on any atom is 0.149 e. The van der Waals surface area contributed by atoms with Crippen molar-refractivity contribution < 1.29 is 18.9 Å². The molecule has 0 aromatic heterocycles. The van der Waals surface area contributed by atoms with E-state index in [1.165, 1.54) is 22.3 Å². The highest BCUT2D eigenvalue weighted by molar-refractivity contribution is 5.64. The van der Waals surface area contributed by atoms with Crippen LogP contribution in [0.2, 0.25) is 0 Å². The Morgan fingerprint density at radius 1 is 0.448 bits per heavy atom. The average Bonchev–Trinajstić information content (AvgIpc) is 3.67. The SMILES string of the molecule is C#CCN(CC#C)c1cccc(Oc2cccc(Oc3ccc4c(c3)C3(CC4(C)C)CC(C)(C)c4ccc(Oc5cccc(Oc6cccc(N(CC#C)CC#C)c6)c5C#N)cc43)c2C#N)c1. The molecule has 0 heterocycles. The maximum atomic E-state index is 10.5. The molecule has 0 saturated carbocycles. The summed E-state index contributed by atoms with van der Waals surface area (Å²) < 4.78 is 25.9. The average molecular weight is 877 g/mol. The van der Waals surface area contributed by atoms with Crippen molar-refractivity contribution in [3.05, 3.63) is 155 Å². The molecule has 8 heteroatoms. The Hall–Kier alpha value is -8.66. The first-order valence-electron chi connectivity index (χ1n) is 21.9. The lowest BCUT2D eigenvalue weighted by Crippen LogP contribution is -2.27. The Balaban J connectivity index is 1.10. The molecule has 8 rings (SSSR count). The standard InChI is InChI=1S/C59H48N4O4/c1-9-29-62(30-10-2)41-17-13-19-43(33-41)64-53-21-15-23-55(47(53)37-60)66-45-25-27-49-51(35-45)59(39-57(49,5)6)40-58(7,8)50-28-26-46(36-52(50)59)67-56-24-16-22-54(48(56)38-61)65-44-20-14-18-42(34-44)63(31-11-3)32-12-4/h1-4,13-28,33-36H,29-32,39-40H2,5-8H3. The summed E-state index contributed by atoms with van der Waals surface area (Å²) in [4.78, 5) is 3.78. The summed E-state index contributed by atoms with van der Waals surface area (Å²) in [6, 6.07) is 42.7. The third-order valence-electron chi connectivity index (χ3n) is 12.6. The van der Waals surface area contributed by atoms with Crippen molar-refractivity contribution in [2.75, 3.05) is 36.0 Å². The van der Waals surface area contributed by atoms with Gasteiger partial charge < -0.3 is 28.7 Å². The first-order chi connectivity index (χ1) is 32.4. The van der Waals surface area contributed by atoms with Gasteiger partial charge in [-0.05, 0) is 119 Å². The summed E-state index contributed by atoms with van der Waals surface area (Å²) in [5.41, 5.74) is 6.20. The monoisotopic (exact) mass is 876 g/mol. The smallest absolute Gasteiger partial charge is 0.149 e. The second-order valence-corrected chi connectivity index (χ2v) is 18.0. The lowest BCUT2D eigenvalue weighted by molar-refractivity contribution is 0.349. The first kappa shape index (κ1) is 44.9. The van der Waals surface area contributed by atoms with E-state index in [1.54, 1.807) is 24.3 Å². The van der Waals surface area contributed by atoms with Crippen molar-refractivity contribution >= 4 is 11.4 Å². The number of fused-ring (bicyclic) bond motifs is 4. The van der Waals surface area contributed by atoms with E-state index in [4.69, 9.17) is 44.6 Å². The Labute approximate surface area is 394 Å². The van der Waals surface area contributed by atoms with Crippen LogP contribution in [0.25, 0.3) is 0 Å². The van der Waals surface area contributed by atoms with Crippen LogP contribution in [0, 0.1) is 72.0 Å². The molecule has 0 amide bonds. The van der Waals surface area contributed by atoms with Crippen LogP contribution in [-0.2, 0) is 16.2 Å². The van der Waals surface area contributed by atoms with Crippen molar-refractivity contribution in [1.82, 2.24) is 0 Å². The zero-order valence-corrected chi connectivity index (χ0v) is 38.0. The summed E-state index contributed by atoms with van der Waals surface area (Å²) in [7, 11) is 0. The van der Waals surface area contributed by atoms with E-state index >= 15 is 0 Å². The van der Waals surface area contributed by atoms with Crippen LogP contribution in [0.15, 0.2) is 121 Å². The predicted octanol–water partition coefficient (Wildman–Crippen LogP) is 12.4. The van der Waals surface area contributed by atoms with Gasteiger partial charge in [0, 0.05) is 28.9 Å². The van der Waals surface area contributed by atoms with Gasteiger partial charge in [0.2, 0.25) is 0 Å². The molecule has 0 fully saturated rings. The van der Waals surface area contributed by atoms with Gasteiger partial charge in [-0.25, -0.2) is 0 Å². The van der Waals surface area contributed by atoms with Gasteiger partial charge in [-0.1, -0.05) is 87.8 Å². The molecule has 0 aliphatic heterocycles. The Morgan fingerprint density at radius 2 is 0.776 bits per heavy atom. The van der Waals surface area contributed by atoms with E-state index in [0.717, 1.165) is 24.2 Å². The van der Waals surface area contributed by atoms with Gasteiger partial charge in [-0.15, -0.1) is 25.7 Å². The number of benzene rings is 6. The first-order valence-corrected chi connectivity index (χ1v) is 21.9. The van der Waals surface area contributed by atoms with Gasteiger partial charge in [0.25, 0.3) is 0 Å². The minimum atomic E-state index is -0.391. The van der Waals surface area contributed by atoms with Gasteiger partial charge in [-0.2, -0.15) is 10.5 Å². The van der Waals surface area contributed by atoms with E-state index in [2.05, 4.69) is 87.8 Å². The van der Waals surface area contributed by atoms with Crippen LogP contribution >= 0.6 is 0 Å². The number of rotatable bonds is 14. The number of nitriles is 2. The molecule has 8 nitrogen and oxygen atoms in total. The molecule has 328 valence electrons. The molecule has 0 atom stereocenters. The van der Waals surface area contributed by atoms with E-state index < -0.39 is 5.41 Å². The molecular formula is C59H48N4O4. The number of hydrogen-bond donors (Lipinski definition) is 0. The predicted molar refractivity (Wildman–Crippen MR) is 264 cm³/mol. The number of anilines is 2. The molecule has 6 aromatic rings. The van der Waals surface area contributed by atoms with Crippen LogP contribution in [-0.4, -0.2) is 26.2 Å². The fourth-order valence-electron chi connectivity index (χ4n) is 9.93. The molecule has 6 aromatic carbocycles. The van der Waals surface area contributed by atoms with Crippen molar-refractivity contribution in [3.8, 4) is 108 Å². The summed E-state index contributed by atoms with van der Waals surface area (Å²) in [6.45, 7) is 10.5. The van der Waals surface area contributed by atoms with Gasteiger partial charge >= 0.3 is 0 Å². The van der Waals surface area contributed by atoms with Crippen molar-refractivity contribution in [1.29, 1.82) is 10.5 Å². The van der Waals surface area contributed by atoms with Crippen molar-refractivity contribution in [3.63, 3.8) is 0 Å². The Kier molecular flexibility index (Phi) is 12.4. The highest BCUT2D eigenvalue weighted by atomic mass is 16.5. The van der Waals surface area contributed by atoms with Crippen LogP contribution in [0.4, 0.5) is 11.4 Å². The number of hydrogen-bond acceptors (Lipinski definition) is 8. The number of terminal acetylenes is 4. The van der Waals surface area contributed by atoms with Gasteiger partial charge in [0.15, 0.2) is 0 Å².